The summed E-state index contributed by atoms with van der Waals surface area (Å²) in [6, 6.07) is 11.4. The number of nitrogens with one attached hydrogen (secondary N) is 1. The van der Waals surface area contributed by atoms with Gasteiger partial charge in [-0.2, -0.15) is 5.10 Å². The van der Waals surface area contributed by atoms with Crippen molar-refractivity contribution in [1.29, 1.82) is 0 Å². The molecule has 3 heterocycles. The molecule has 0 radical (unpaired) electrons. The van der Waals surface area contributed by atoms with Crippen LogP contribution in [0.2, 0.25) is 0 Å². The molecular weight excluding hydrogens is 426 g/mol. The third-order valence-electron chi connectivity index (χ3n) is 7.99. The van der Waals surface area contributed by atoms with E-state index in [4.69, 9.17) is 4.74 Å². The minimum Gasteiger partial charge on any atom is -0.379 e. The number of aromatic nitrogens is 2. The van der Waals surface area contributed by atoms with E-state index < -0.39 is 0 Å². The number of hydrogen-bond acceptors (Lipinski definition) is 5. The molecule has 3 aliphatic rings. The molecular formula is C27H39N5O2. The number of ether oxygens (including phenoxy) is 1. The van der Waals surface area contributed by atoms with Crippen LogP contribution in [0.25, 0.3) is 0 Å². The number of nitrogens with zero attached hydrogens (tertiary/aromatic N) is 4. The Hall–Kier alpha value is -2.22. The second kappa shape index (κ2) is 11.0. The summed E-state index contributed by atoms with van der Waals surface area (Å²) >= 11 is 0. The summed E-state index contributed by atoms with van der Waals surface area (Å²) in [7, 11) is 1.98. The molecule has 1 aromatic heterocycles. The highest BCUT2D eigenvalue weighted by Crippen LogP contribution is 2.30. The molecule has 0 saturated carbocycles. The first-order valence-corrected chi connectivity index (χ1v) is 13.1. The third kappa shape index (κ3) is 5.53. The largest absolute Gasteiger partial charge is 0.379 e. The van der Waals surface area contributed by atoms with Crippen molar-refractivity contribution in [2.75, 3.05) is 52.5 Å². The molecule has 7 nitrogen and oxygen atoms in total. The van der Waals surface area contributed by atoms with Crippen molar-refractivity contribution in [2.45, 2.75) is 44.6 Å². The predicted octanol–water partition coefficient (Wildman–Crippen LogP) is 2.29. The monoisotopic (exact) mass is 465 g/mol. The average Bonchev–Trinajstić information content (AvgIpc) is 3.21. The molecule has 7 heteroatoms. The molecule has 2 aromatic rings. The van der Waals surface area contributed by atoms with Gasteiger partial charge in [0.05, 0.1) is 13.2 Å². The number of amides is 1. The first kappa shape index (κ1) is 23.5. The lowest BCUT2D eigenvalue weighted by Crippen LogP contribution is -2.45. The minimum absolute atomic E-state index is 0.0210. The van der Waals surface area contributed by atoms with E-state index in [-0.39, 0.29) is 5.91 Å². The highest BCUT2D eigenvalue weighted by molar-refractivity contribution is 5.94. The van der Waals surface area contributed by atoms with Gasteiger partial charge in [-0.05, 0) is 63.1 Å². The van der Waals surface area contributed by atoms with E-state index in [1.807, 2.05) is 11.7 Å². The molecule has 5 rings (SSSR count). The average molecular weight is 466 g/mol. The first-order valence-electron chi connectivity index (χ1n) is 13.1. The number of morpholine rings is 1. The van der Waals surface area contributed by atoms with Gasteiger partial charge in [0, 0.05) is 50.5 Å². The van der Waals surface area contributed by atoms with Crippen LogP contribution >= 0.6 is 0 Å². The number of fused-ring (bicyclic) bond motifs is 1. The van der Waals surface area contributed by atoms with Gasteiger partial charge in [-0.15, -0.1) is 0 Å². The molecule has 1 unspecified atom stereocenters. The van der Waals surface area contributed by atoms with Gasteiger partial charge in [0.15, 0.2) is 5.69 Å². The zero-order valence-corrected chi connectivity index (χ0v) is 20.5. The summed E-state index contributed by atoms with van der Waals surface area (Å²) < 4.78 is 7.35. The Balaban J connectivity index is 1.15. The molecule has 1 N–H and O–H groups in total. The number of benzene rings is 1. The van der Waals surface area contributed by atoms with Gasteiger partial charge in [0.25, 0.3) is 5.91 Å². The summed E-state index contributed by atoms with van der Waals surface area (Å²) in [6.07, 6.45) is 6.84. The number of carbonyl (C=O) groups excluding carboxylic acids is 1. The summed E-state index contributed by atoms with van der Waals surface area (Å²) in [5.41, 5.74) is 4.52. The molecule has 2 fully saturated rings. The van der Waals surface area contributed by atoms with Crippen molar-refractivity contribution in [2.24, 2.45) is 13.0 Å². The highest BCUT2D eigenvalue weighted by Gasteiger charge is 2.32. The molecule has 2 saturated heterocycles. The fourth-order valence-electron chi connectivity index (χ4n) is 5.97. The number of piperidine rings is 1. The lowest BCUT2D eigenvalue weighted by Gasteiger charge is -2.39. The Morgan fingerprint density at radius 3 is 2.62 bits per heavy atom. The molecule has 0 spiro atoms. The summed E-state index contributed by atoms with van der Waals surface area (Å²) in [5, 5.41) is 7.77. The summed E-state index contributed by atoms with van der Waals surface area (Å²) in [5.74, 6) is 0.760. The topological polar surface area (TPSA) is 62.6 Å². The second-order valence-corrected chi connectivity index (χ2v) is 10.2. The van der Waals surface area contributed by atoms with Crippen LogP contribution in [0.1, 0.15) is 46.6 Å². The minimum atomic E-state index is -0.0210. The van der Waals surface area contributed by atoms with Crippen molar-refractivity contribution in [1.82, 2.24) is 24.9 Å². The summed E-state index contributed by atoms with van der Waals surface area (Å²) in [4.78, 5) is 18.0. The van der Waals surface area contributed by atoms with Gasteiger partial charge < -0.3 is 15.0 Å². The van der Waals surface area contributed by atoms with Gasteiger partial charge in [0.2, 0.25) is 0 Å². The van der Waals surface area contributed by atoms with E-state index in [0.29, 0.717) is 18.3 Å². The van der Waals surface area contributed by atoms with Crippen molar-refractivity contribution in [3.8, 4) is 0 Å². The number of hydrogen-bond donors (Lipinski definition) is 1. The van der Waals surface area contributed by atoms with Gasteiger partial charge in [-0.1, -0.05) is 30.3 Å². The van der Waals surface area contributed by atoms with Crippen LogP contribution in [0.4, 0.5) is 0 Å². The number of rotatable bonds is 7. The van der Waals surface area contributed by atoms with Crippen molar-refractivity contribution in [3.05, 3.63) is 52.8 Å². The molecule has 0 bridgehead atoms. The maximum absolute atomic E-state index is 13.0. The molecule has 34 heavy (non-hydrogen) atoms. The molecule has 1 atom stereocenters. The number of likely N-dealkylation sites (tertiary alicyclic amines) is 1. The van der Waals surface area contributed by atoms with E-state index in [0.717, 1.165) is 58.0 Å². The van der Waals surface area contributed by atoms with Crippen LogP contribution in [0.5, 0.6) is 0 Å². The molecule has 184 valence electrons. The fraction of sp³-hybridized carbons (Fsp3) is 0.630. The Labute approximate surface area is 203 Å². The van der Waals surface area contributed by atoms with Crippen molar-refractivity contribution >= 4 is 5.91 Å². The molecule has 2 aliphatic heterocycles. The molecule has 1 aliphatic carbocycles. The fourth-order valence-corrected chi connectivity index (χ4v) is 5.97. The predicted molar refractivity (Wildman–Crippen MR) is 133 cm³/mol. The van der Waals surface area contributed by atoms with Crippen LogP contribution < -0.4 is 5.32 Å². The van der Waals surface area contributed by atoms with E-state index in [1.165, 1.54) is 49.2 Å². The van der Waals surface area contributed by atoms with Gasteiger partial charge in [-0.3, -0.25) is 14.4 Å². The third-order valence-corrected chi connectivity index (χ3v) is 7.99. The Bertz CT molecular complexity index is 945. The van der Waals surface area contributed by atoms with Gasteiger partial charge >= 0.3 is 0 Å². The van der Waals surface area contributed by atoms with Crippen LogP contribution in [-0.4, -0.2) is 84.0 Å². The summed E-state index contributed by atoms with van der Waals surface area (Å²) in [6.45, 7) is 7.31. The van der Waals surface area contributed by atoms with Crippen LogP contribution in [-0.2, 0) is 31.0 Å². The zero-order valence-electron chi connectivity index (χ0n) is 20.5. The van der Waals surface area contributed by atoms with Crippen LogP contribution in [0.3, 0.4) is 0 Å². The van der Waals surface area contributed by atoms with Crippen molar-refractivity contribution in [3.63, 3.8) is 0 Å². The highest BCUT2D eigenvalue weighted by atomic mass is 16.5. The SMILES string of the molecule is Cn1nc(C(=O)NCCN2CCOCC2)c2c1CCC(N1CCC(Cc3ccccc3)CC1)C2. The van der Waals surface area contributed by atoms with E-state index in [1.54, 1.807) is 0 Å². The van der Waals surface area contributed by atoms with Crippen LogP contribution in [0.15, 0.2) is 30.3 Å². The van der Waals surface area contributed by atoms with Gasteiger partial charge in [-0.25, -0.2) is 0 Å². The second-order valence-electron chi connectivity index (χ2n) is 10.2. The van der Waals surface area contributed by atoms with E-state index in [9.17, 15) is 4.79 Å². The number of carbonyl (C=O) groups is 1. The van der Waals surface area contributed by atoms with Crippen LogP contribution in [0, 0.1) is 5.92 Å². The molecule has 1 amide bonds. The lowest BCUT2D eigenvalue weighted by molar-refractivity contribution is 0.0383. The Morgan fingerprint density at radius 1 is 1.09 bits per heavy atom. The zero-order chi connectivity index (χ0) is 23.3. The van der Waals surface area contributed by atoms with E-state index in [2.05, 4.69) is 50.5 Å². The Kier molecular flexibility index (Phi) is 7.62. The van der Waals surface area contributed by atoms with Crippen molar-refractivity contribution < 1.29 is 9.53 Å². The lowest BCUT2D eigenvalue weighted by atomic mass is 9.86. The first-order chi connectivity index (χ1) is 16.7. The maximum Gasteiger partial charge on any atom is 0.272 e. The number of aryl methyl sites for hydroxylation is 1. The van der Waals surface area contributed by atoms with E-state index >= 15 is 0 Å². The van der Waals surface area contributed by atoms with Gasteiger partial charge in [0.1, 0.15) is 0 Å². The standard InChI is InChI=1S/C27H39N5O2/c1-30-25-8-7-23(32-12-9-22(10-13-32)19-21-5-3-2-4-6-21)20-24(25)26(29-30)27(33)28-11-14-31-15-17-34-18-16-31/h2-6,22-23H,7-20H2,1H3,(H,28,33). The molecule has 1 aromatic carbocycles. The quantitative estimate of drug-likeness (QED) is 0.680. The smallest absolute Gasteiger partial charge is 0.272 e. The normalized spacial score (nSPS) is 22.4. The maximum atomic E-state index is 13.0. The Morgan fingerprint density at radius 2 is 1.85 bits per heavy atom.